The minimum atomic E-state index is 0.0942. The summed E-state index contributed by atoms with van der Waals surface area (Å²) in [6.07, 6.45) is 7.77. The Balaban J connectivity index is 1.51. The van der Waals surface area contributed by atoms with Gasteiger partial charge in [-0.05, 0) is 31.6 Å². The van der Waals surface area contributed by atoms with Crippen molar-refractivity contribution in [2.75, 3.05) is 19.7 Å². The van der Waals surface area contributed by atoms with Gasteiger partial charge in [0.05, 0.1) is 6.10 Å². The van der Waals surface area contributed by atoms with Crippen LogP contribution in [0.4, 0.5) is 0 Å². The maximum Gasteiger partial charge on any atom is 0.248 e. The molecule has 2 aliphatic rings. The van der Waals surface area contributed by atoms with Gasteiger partial charge in [0.2, 0.25) is 11.8 Å². The van der Waals surface area contributed by atoms with E-state index in [1.54, 1.807) is 0 Å². The lowest BCUT2D eigenvalue weighted by Crippen LogP contribution is -2.42. The Morgan fingerprint density at radius 1 is 1.29 bits per heavy atom. The lowest BCUT2D eigenvalue weighted by Gasteiger charge is -2.33. The third-order valence-electron chi connectivity index (χ3n) is 5.38. The molecular formula is C18H29N3O3. The number of hydrogen-bond donors (Lipinski definition) is 0. The van der Waals surface area contributed by atoms with Crippen LogP contribution in [-0.4, -0.2) is 46.7 Å². The zero-order valence-electron chi connectivity index (χ0n) is 14.9. The Bertz CT molecular complexity index is 545. The van der Waals surface area contributed by atoms with Gasteiger partial charge < -0.3 is 14.2 Å². The Morgan fingerprint density at radius 2 is 2.12 bits per heavy atom. The number of aromatic nitrogens is 2. The van der Waals surface area contributed by atoms with Crippen LogP contribution in [0.3, 0.4) is 0 Å². The maximum atomic E-state index is 12.5. The van der Waals surface area contributed by atoms with Gasteiger partial charge in [-0.1, -0.05) is 31.8 Å². The van der Waals surface area contributed by atoms with Gasteiger partial charge in [0.15, 0.2) is 5.82 Å². The number of amides is 1. The zero-order valence-corrected chi connectivity index (χ0v) is 14.9. The molecule has 3 atom stereocenters. The lowest BCUT2D eigenvalue weighted by atomic mass is 9.88. The highest BCUT2D eigenvalue weighted by molar-refractivity contribution is 5.77. The smallest absolute Gasteiger partial charge is 0.248 e. The predicted molar refractivity (Wildman–Crippen MR) is 89.6 cm³/mol. The van der Waals surface area contributed by atoms with Gasteiger partial charge in [-0.2, -0.15) is 4.98 Å². The summed E-state index contributed by atoms with van der Waals surface area (Å²) >= 11 is 0. The maximum absolute atomic E-state index is 12.5. The van der Waals surface area contributed by atoms with E-state index in [0.29, 0.717) is 18.4 Å². The molecule has 0 aromatic carbocycles. The highest BCUT2D eigenvalue weighted by Gasteiger charge is 2.29. The molecule has 1 aliphatic carbocycles. The van der Waals surface area contributed by atoms with E-state index in [9.17, 15) is 4.79 Å². The summed E-state index contributed by atoms with van der Waals surface area (Å²) in [4.78, 5) is 18.9. The average Bonchev–Trinajstić information content (AvgIpc) is 3.10. The number of carbonyl (C=O) groups excluding carboxylic acids is 1. The van der Waals surface area contributed by atoms with Gasteiger partial charge in [-0.3, -0.25) is 4.79 Å². The van der Waals surface area contributed by atoms with Gasteiger partial charge in [0.25, 0.3) is 0 Å². The van der Waals surface area contributed by atoms with E-state index >= 15 is 0 Å². The minimum Gasteiger partial charge on any atom is -0.368 e. The summed E-state index contributed by atoms with van der Waals surface area (Å²) in [6, 6.07) is 0. The highest BCUT2D eigenvalue weighted by Crippen LogP contribution is 2.27. The van der Waals surface area contributed by atoms with Crippen molar-refractivity contribution in [3.05, 3.63) is 11.7 Å². The van der Waals surface area contributed by atoms with Crippen LogP contribution < -0.4 is 0 Å². The second-order valence-electron chi connectivity index (χ2n) is 7.19. The number of carbonyl (C=O) groups is 1. The number of rotatable bonds is 5. The number of nitrogens with zero attached hydrogens (tertiary/aromatic N) is 3. The van der Waals surface area contributed by atoms with Crippen molar-refractivity contribution in [3.8, 4) is 0 Å². The molecule has 134 valence electrons. The second kappa shape index (κ2) is 8.10. The Labute approximate surface area is 143 Å². The Morgan fingerprint density at radius 3 is 2.88 bits per heavy atom. The van der Waals surface area contributed by atoms with Crippen molar-refractivity contribution in [2.24, 2.45) is 5.92 Å². The fourth-order valence-corrected chi connectivity index (χ4v) is 3.79. The molecule has 0 radical (unpaired) electrons. The summed E-state index contributed by atoms with van der Waals surface area (Å²) in [7, 11) is 0. The van der Waals surface area contributed by atoms with Crippen LogP contribution in [0.25, 0.3) is 0 Å². The van der Waals surface area contributed by atoms with Crippen LogP contribution in [0.2, 0.25) is 0 Å². The van der Waals surface area contributed by atoms with E-state index in [0.717, 1.165) is 38.1 Å². The molecule has 1 aromatic heterocycles. The quantitative estimate of drug-likeness (QED) is 0.827. The van der Waals surface area contributed by atoms with E-state index < -0.39 is 0 Å². The number of aryl methyl sites for hydroxylation is 1. The van der Waals surface area contributed by atoms with Gasteiger partial charge in [-0.25, -0.2) is 0 Å². The standard InChI is InChI=1S/C18H29N3O3/c1-3-16-19-18(20-24-16)14-8-6-10-21(11-14)17(22)12-23-15-9-5-4-7-13(15)2/h13-15H,3-12H2,1-2H3/t13-,14+,15-/m0/s1. The van der Waals surface area contributed by atoms with Crippen molar-refractivity contribution in [1.82, 2.24) is 15.0 Å². The zero-order chi connectivity index (χ0) is 16.9. The van der Waals surface area contributed by atoms with E-state index in [2.05, 4.69) is 17.1 Å². The first-order valence-electron chi connectivity index (χ1n) is 9.39. The van der Waals surface area contributed by atoms with Gasteiger partial charge >= 0.3 is 0 Å². The van der Waals surface area contributed by atoms with E-state index in [-0.39, 0.29) is 24.5 Å². The van der Waals surface area contributed by atoms with E-state index in [4.69, 9.17) is 9.26 Å². The Kier molecular flexibility index (Phi) is 5.87. The first kappa shape index (κ1) is 17.4. The van der Waals surface area contributed by atoms with E-state index in [1.807, 2.05) is 11.8 Å². The van der Waals surface area contributed by atoms with Crippen molar-refractivity contribution >= 4 is 5.91 Å². The molecule has 1 aromatic rings. The molecule has 0 bridgehead atoms. The number of hydrogen-bond acceptors (Lipinski definition) is 5. The largest absolute Gasteiger partial charge is 0.368 e. The Hall–Kier alpha value is -1.43. The van der Waals surface area contributed by atoms with E-state index in [1.165, 1.54) is 19.3 Å². The molecule has 0 spiro atoms. The molecule has 3 rings (SSSR count). The SMILES string of the molecule is CCc1nc([C@@H]2CCCN(C(=O)CO[C@H]3CCCC[C@@H]3C)C2)no1. The van der Waals surface area contributed by atoms with Gasteiger partial charge in [0, 0.05) is 25.4 Å². The summed E-state index contributed by atoms with van der Waals surface area (Å²) in [5, 5.41) is 4.08. The molecule has 1 amide bonds. The summed E-state index contributed by atoms with van der Waals surface area (Å²) in [5.41, 5.74) is 0. The van der Waals surface area contributed by atoms with Crippen molar-refractivity contribution in [1.29, 1.82) is 0 Å². The number of ether oxygens (including phenoxy) is 1. The molecule has 24 heavy (non-hydrogen) atoms. The highest BCUT2D eigenvalue weighted by atomic mass is 16.5. The topological polar surface area (TPSA) is 68.5 Å². The van der Waals surface area contributed by atoms with Crippen LogP contribution in [-0.2, 0) is 16.0 Å². The monoisotopic (exact) mass is 335 g/mol. The van der Waals surface area contributed by atoms with Crippen LogP contribution in [0.1, 0.15) is 70.0 Å². The molecule has 6 nitrogen and oxygen atoms in total. The fourth-order valence-electron chi connectivity index (χ4n) is 3.79. The molecule has 2 fully saturated rings. The normalized spacial score (nSPS) is 28.1. The number of likely N-dealkylation sites (tertiary alicyclic amines) is 1. The van der Waals surface area contributed by atoms with Crippen LogP contribution in [0.15, 0.2) is 4.52 Å². The second-order valence-corrected chi connectivity index (χ2v) is 7.19. The first-order valence-corrected chi connectivity index (χ1v) is 9.39. The van der Waals surface area contributed by atoms with Crippen LogP contribution >= 0.6 is 0 Å². The summed E-state index contributed by atoms with van der Waals surface area (Å²) < 4.78 is 11.1. The minimum absolute atomic E-state index is 0.0942. The van der Waals surface area contributed by atoms with Crippen molar-refractivity contribution in [2.45, 2.75) is 70.8 Å². The first-order chi connectivity index (χ1) is 11.7. The van der Waals surface area contributed by atoms with Crippen LogP contribution in [0.5, 0.6) is 0 Å². The van der Waals surface area contributed by atoms with Gasteiger partial charge in [0.1, 0.15) is 6.61 Å². The van der Waals surface area contributed by atoms with Gasteiger partial charge in [-0.15, -0.1) is 0 Å². The molecule has 0 unspecified atom stereocenters. The summed E-state index contributed by atoms with van der Waals surface area (Å²) in [5.74, 6) is 2.25. The third kappa shape index (κ3) is 4.15. The summed E-state index contributed by atoms with van der Waals surface area (Å²) in [6.45, 7) is 5.90. The van der Waals surface area contributed by atoms with Crippen molar-refractivity contribution in [3.63, 3.8) is 0 Å². The molecule has 1 saturated heterocycles. The average molecular weight is 335 g/mol. The molecule has 1 aliphatic heterocycles. The van der Waals surface area contributed by atoms with Crippen LogP contribution in [0, 0.1) is 5.92 Å². The fraction of sp³-hybridized carbons (Fsp3) is 0.833. The lowest BCUT2D eigenvalue weighted by molar-refractivity contribution is -0.141. The molecule has 0 N–H and O–H groups in total. The molecular weight excluding hydrogens is 306 g/mol. The van der Waals surface area contributed by atoms with Crippen molar-refractivity contribution < 1.29 is 14.1 Å². The molecule has 6 heteroatoms. The number of piperidine rings is 1. The third-order valence-corrected chi connectivity index (χ3v) is 5.38. The predicted octanol–water partition coefficient (Wildman–Crippen LogP) is 2.93. The molecule has 1 saturated carbocycles. The molecule has 2 heterocycles.